The number of halogens is 2. The van der Waals surface area contributed by atoms with E-state index >= 15 is 0 Å². The van der Waals surface area contributed by atoms with Crippen molar-refractivity contribution in [1.82, 2.24) is 19.9 Å². The molecule has 1 N–H and O–H groups in total. The maximum atomic E-state index is 10.8. The Morgan fingerprint density at radius 3 is 1.87 bits per heavy atom. The van der Waals surface area contributed by atoms with Gasteiger partial charge in [-0.05, 0) is 0 Å². The van der Waals surface area contributed by atoms with Gasteiger partial charge in [-0.2, -0.15) is 0 Å². The van der Waals surface area contributed by atoms with Crippen molar-refractivity contribution >= 4 is 35.1 Å². The number of esters is 1. The van der Waals surface area contributed by atoms with E-state index in [-0.39, 0.29) is 29.1 Å². The zero-order valence-corrected chi connectivity index (χ0v) is 13.5. The van der Waals surface area contributed by atoms with Crippen molar-refractivity contribution in [3.63, 3.8) is 0 Å². The number of ether oxygens (including phenoxy) is 1. The Labute approximate surface area is 141 Å². The van der Waals surface area contributed by atoms with E-state index in [1.54, 1.807) is 0 Å². The van der Waals surface area contributed by atoms with Crippen molar-refractivity contribution in [3.8, 4) is 0 Å². The van der Waals surface area contributed by atoms with Crippen LogP contribution in [0.25, 0.3) is 0 Å². The molecule has 122 valence electrons. The molecule has 0 aliphatic heterocycles. The summed E-state index contributed by atoms with van der Waals surface area (Å²) in [5.74, 6) is -1.30. The van der Waals surface area contributed by atoms with Crippen LogP contribution < -0.4 is 0 Å². The van der Waals surface area contributed by atoms with Gasteiger partial charge < -0.3 is 9.84 Å². The minimum atomic E-state index is -0.943. The van der Waals surface area contributed by atoms with Crippen LogP contribution in [0.15, 0.2) is 24.8 Å². The Morgan fingerprint density at radius 2 is 1.48 bits per heavy atom. The normalized spacial score (nSPS) is 9.52. The summed E-state index contributed by atoms with van der Waals surface area (Å²) in [7, 11) is 1.32. The molecule has 0 atom stereocenters. The van der Waals surface area contributed by atoms with Gasteiger partial charge in [0.2, 0.25) is 0 Å². The van der Waals surface area contributed by atoms with E-state index in [2.05, 4.69) is 24.7 Å². The summed E-state index contributed by atoms with van der Waals surface area (Å²) in [6.45, 7) is 0. The molecule has 0 radical (unpaired) electrons. The van der Waals surface area contributed by atoms with Crippen LogP contribution in [0.4, 0.5) is 0 Å². The molecule has 10 heteroatoms. The maximum Gasteiger partial charge on any atom is 0.311 e. The predicted molar refractivity (Wildman–Crippen MR) is 81.1 cm³/mol. The summed E-state index contributed by atoms with van der Waals surface area (Å²) in [5, 5.41) is 8.83. The van der Waals surface area contributed by atoms with E-state index in [1.165, 1.54) is 31.9 Å². The zero-order chi connectivity index (χ0) is 17.2. The lowest BCUT2D eigenvalue weighted by atomic mass is 10.3. The van der Waals surface area contributed by atoms with Crippen LogP contribution in [0.1, 0.15) is 11.4 Å². The summed E-state index contributed by atoms with van der Waals surface area (Å²) < 4.78 is 4.44. The fraction of sp³-hybridized carbons (Fsp3) is 0.231. The van der Waals surface area contributed by atoms with Gasteiger partial charge in [0.15, 0.2) is 0 Å². The Hall–Kier alpha value is -2.32. The van der Waals surface area contributed by atoms with E-state index in [4.69, 9.17) is 28.3 Å². The number of hydrogen-bond donors (Lipinski definition) is 1. The minimum absolute atomic E-state index is 0.101. The first-order chi connectivity index (χ1) is 10.9. The number of nitrogens with zero attached hydrogens (tertiary/aromatic N) is 4. The summed E-state index contributed by atoms with van der Waals surface area (Å²) in [4.78, 5) is 36.0. The second-order valence-corrected chi connectivity index (χ2v) is 4.76. The molecule has 8 nitrogen and oxygen atoms in total. The standard InChI is InChI=1S/C7H7ClN2O2.C6H5ClN2O2/c1-12-7(11)2-5-3-9-4-6(8)10-5;7-5-3-8-2-4(9-5)1-6(10)11/h3-4H,2H2,1H3;2-3H,1H2,(H,10,11). The molecule has 2 aromatic rings. The Kier molecular flexibility index (Phi) is 7.86. The first-order valence-corrected chi connectivity index (χ1v) is 6.87. The van der Waals surface area contributed by atoms with Crippen molar-refractivity contribution in [2.45, 2.75) is 12.8 Å². The minimum Gasteiger partial charge on any atom is -0.481 e. The predicted octanol–water partition coefficient (Wildman–Crippen LogP) is 1.60. The fourth-order valence-corrected chi connectivity index (χ4v) is 1.63. The van der Waals surface area contributed by atoms with Crippen molar-refractivity contribution in [2.24, 2.45) is 0 Å². The van der Waals surface area contributed by atoms with E-state index < -0.39 is 5.97 Å². The molecule has 0 fully saturated rings. The topological polar surface area (TPSA) is 115 Å². The average Bonchev–Trinajstić information content (AvgIpc) is 2.47. The Morgan fingerprint density at radius 1 is 1.00 bits per heavy atom. The smallest absolute Gasteiger partial charge is 0.311 e. The molecule has 0 aromatic carbocycles. The number of carboxylic acids is 1. The highest BCUT2D eigenvalue weighted by molar-refractivity contribution is 6.29. The van der Waals surface area contributed by atoms with Gasteiger partial charge in [-0.15, -0.1) is 0 Å². The molecule has 0 spiro atoms. The molecule has 0 amide bonds. The quantitative estimate of drug-likeness (QED) is 0.819. The summed E-state index contributed by atoms with van der Waals surface area (Å²) in [5.41, 5.74) is 0.874. The first-order valence-electron chi connectivity index (χ1n) is 6.12. The number of carbonyl (C=O) groups is 2. The molecule has 0 bridgehead atoms. The number of carbonyl (C=O) groups excluding carboxylic acids is 1. The van der Waals surface area contributed by atoms with Gasteiger partial charge in [-0.1, -0.05) is 23.2 Å². The van der Waals surface area contributed by atoms with Crippen LogP contribution in [0.3, 0.4) is 0 Å². The third-order valence-electron chi connectivity index (χ3n) is 2.20. The number of hydrogen-bond acceptors (Lipinski definition) is 7. The van der Waals surface area contributed by atoms with Crippen LogP contribution in [0, 0.1) is 0 Å². The fourth-order valence-electron chi connectivity index (χ4n) is 1.30. The van der Waals surface area contributed by atoms with Gasteiger partial charge in [-0.25, -0.2) is 9.97 Å². The van der Waals surface area contributed by atoms with E-state index in [0.29, 0.717) is 11.4 Å². The zero-order valence-electron chi connectivity index (χ0n) is 11.9. The van der Waals surface area contributed by atoms with Crippen molar-refractivity contribution in [2.75, 3.05) is 7.11 Å². The lowest BCUT2D eigenvalue weighted by Crippen LogP contribution is -2.06. The van der Waals surface area contributed by atoms with Crippen molar-refractivity contribution < 1.29 is 19.4 Å². The largest absolute Gasteiger partial charge is 0.481 e. The highest BCUT2D eigenvalue weighted by Gasteiger charge is 2.04. The molecular weight excluding hydrogens is 347 g/mol. The third-order valence-corrected chi connectivity index (χ3v) is 2.56. The van der Waals surface area contributed by atoms with Gasteiger partial charge in [0.25, 0.3) is 0 Å². The van der Waals surface area contributed by atoms with E-state index in [1.807, 2.05) is 0 Å². The SMILES string of the molecule is COC(=O)Cc1cncc(Cl)n1.O=C(O)Cc1cncc(Cl)n1. The molecule has 2 rings (SSSR count). The third kappa shape index (κ3) is 8.03. The Balaban J connectivity index is 0.000000231. The number of methoxy groups -OCH3 is 1. The second kappa shape index (κ2) is 9.65. The molecule has 2 heterocycles. The number of carboxylic acid groups (broad SMARTS) is 1. The van der Waals surface area contributed by atoms with Gasteiger partial charge >= 0.3 is 11.9 Å². The first kappa shape index (κ1) is 18.7. The summed E-state index contributed by atoms with van der Waals surface area (Å²) in [6, 6.07) is 0. The average molecular weight is 359 g/mol. The van der Waals surface area contributed by atoms with Gasteiger partial charge in [0.1, 0.15) is 10.3 Å². The van der Waals surface area contributed by atoms with E-state index in [0.717, 1.165) is 0 Å². The molecule has 0 saturated heterocycles. The van der Waals surface area contributed by atoms with Crippen LogP contribution in [0.5, 0.6) is 0 Å². The molecule has 0 aliphatic rings. The van der Waals surface area contributed by atoms with Gasteiger partial charge in [0.05, 0.1) is 43.7 Å². The van der Waals surface area contributed by atoms with Crippen molar-refractivity contribution in [3.05, 3.63) is 46.5 Å². The molecule has 2 aromatic heterocycles. The lowest BCUT2D eigenvalue weighted by Gasteiger charge is -1.97. The van der Waals surface area contributed by atoms with Crippen LogP contribution in [-0.4, -0.2) is 44.1 Å². The number of aliphatic carboxylic acids is 1. The molecule has 0 saturated carbocycles. The number of rotatable bonds is 4. The summed E-state index contributed by atoms with van der Waals surface area (Å²) in [6.07, 6.45) is 5.57. The molecule has 0 unspecified atom stereocenters. The van der Waals surface area contributed by atoms with Crippen molar-refractivity contribution in [1.29, 1.82) is 0 Å². The molecule has 0 aliphatic carbocycles. The highest BCUT2D eigenvalue weighted by Crippen LogP contribution is 2.03. The Bertz CT molecular complexity index is 685. The summed E-state index contributed by atoms with van der Waals surface area (Å²) >= 11 is 11.0. The maximum absolute atomic E-state index is 10.8. The van der Waals surface area contributed by atoms with Crippen LogP contribution in [0.2, 0.25) is 10.3 Å². The molecule has 23 heavy (non-hydrogen) atoms. The number of aromatic nitrogens is 4. The van der Waals surface area contributed by atoms with Crippen LogP contribution in [-0.2, 0) is 27.2 Å². The van der Waals surface area contributed by atoms with Gasteiger partial charge in [0, 0.05) is 12.4 Å². The lowest BCUT2D eigenvalue weighted by molar-refractivity contribution is -0.140. The molecular formula is C13H12Cl2N4O4. The van der Waals surface area contributed by atoms with Crippen LogP contribution >= 0.6 is 23.2 Å². The van der Waals surface area contributed by atoms with Gasteiger partial charge in [-0.3, -0.25) is 19.6 Å². The monoisotopic (exact) mass is 358 g/mol. The van der Waals surface area contributed by atoms with E-state index in [9.17, 15) is 9.59 Å². The second-order valence-electron chi connectivity index (χ2n) is 3.99. The highest BCUT2D eigenvalue weighted by atomic mass is 35.5.